The highest BCUT2D eigenvalue weighted by Gasteiger charge is 2.44. The fraction of sp³-hybridized carbons (Fsp3) is 0.889. The van der Waals surface area contributed by atoms with Gasteiger partial charge in [-0.25, -0.2) is 0 Å². The lowest BCUT2D eigenvalue weighted by molar-refractivity contribution is 0.101. The van der Waals surface area contributed by atoms with Crippen LogP contribution < -0.4 is 0 Å². The molecule has 0 saturated heterocycles. The standard InChI is InChI=1S/C18H38O2Si2/c1-14-15(19-21(8,9)17(2,3)4)12-13-16(14)20-22(10,11)18(5,6)7/h12-16H,1-11H3/t14?,15-,16+. The quantitative estimate of drug-likeness (QED) is 0.462. The molecule has 0 spiro atoms. The summed E-state index contributed by atoms with van der Waals surface area (Å²) in [7, 11) is -3.46. The topological polar surface area (TPSA) is 18.5 Å². The highest BCUT2D eigenvalue weighted by atomic mass is 28.4. The van der Waals surface area contributed by atoms with Crippen molar-refractivity contribution in [3.8, 4) is 0 Å². The molecule has 1 rings (SSSR count). The van der Waals surface area contributed by atoms with E-state index in [2.05, 4.69) is 86.8 Å². The van der Waals surface area contributed by atoms with Crippen molar-refractivity contribution in [3.63, 3.8) is 0 Å². The van der Waals surface area contributed by atoms with Crippen LogP contribution in [0, 0.1) is 5.92 Å². The Labute approximate surface area is 140 Å². The van der Waals surface area contributed by atoms with Crippen molar-refractivity contribution in [1.82, 2.24) is 0 Å². The van der Waals surface area contributed by atoms with E-state index in [9.17, 15) is 0 Å². The molecule has 0 N–H and O–H groups in total. The number of rotatable bonds is 4. The highest BCUT2D eigenvalue weighted by Crippen LogP contribution is 2.42. The van der Waals surface area contributed by atoms with Gasteiger partial charge in [0.05, 0.1) is 12.2 Å². The molecule has 0 heterocycles. The summed E-state index contributed by atoms with van der Waals surface area (Å²) in [6, 6.07) is 0. The van der Waals surface area contributed by atoms with Gasteiger partial charge in [-0.15, -0.1) is 0 Å². The molecule has 1 aliphatic rings. The monoisotopic (exact) mass is 342 g/mol. The van der Waals surface area contributed by atoms with Crippen LogP contribution in [0.5, 0.6) is 0 Å². The largest absolute Gasteiger partial charge is 0.410 e. The molecule has 3 atom stereocenters. The molecule has 0 aromatic carbocycles. The van der Waals surface area contributed by atoms with Gasteiger partial charge >= 0.3 is 0 Å². The molecule has 1 aliphatic carbocycles. The Bertz CT molecular complexity index is 376. The highest BCUT2D eigenvalue weighted by molar-refractivity contribution is 6.74. The zero-order valence-corrected chi connectivity index (χ0v) is 18.7. The first-order valence-corrected chi connectivity index (χ1v) is 14.4. The third-order valence-electron chi connectivity index (χ3n) is 6.00. The summed E-state index contributed by atoms with van der Waals surface area (Å²) in [6.45, 7) is 25.4. The zero-order valence-electron chi connectivity index (χ0n) is 16.7. The van der Waals surface area contributed by atoms with Crippen molar-refractivity contribution in [1.29, 1.82) is 0 Å². The molecular formula is C18H38O2Si2. The SMILES string of the molecule is CC1[C@@H](O[Si](C)(C)C(C)(C)C)C=C[C@H]1O[Si](C)(C)C(C)(C)C. The van der Waals surface area contributed by atoms with Gasteiger partial charge in [0.2, 0.25) is 0 Å². The lowest BCUT2D eigenvalue weighted by Crippen LogP contribution is -2.47. The second kappa shape index (κ2) is 6.19. The molecule has 0 radical (unpaired) electrons. The third-order valence-corrected chi connectivity index (χ3v) is 14.9. The Hall–Kier alpha value is 0.0938. The van der Waals surface area contributed by atoms with Crippen molar-refractivity contribution in [2.24, 2.45) is 5.92 Å². The molecular weight excluding hydrogens is 304 g/mol. The molecule has 0 amide bonds. The minimum Gasteiger partial charge on any atom is -0.410 e. The number of hydrogen-bond acceptors (Lipinski definition) is 2. The van der Waals surface area contributed by atoms with Crippen LogP contribution in [0.1, 0.15) is 48.5 Å². The Morgan fingerprint density at radius 3 is 1.18 bits per heavy atom. The van der Waals surface area contributed by atoms with E-state index in [0.717, 1.165) is 0 Å². The molecule has 0 aromatic heterocycles. The van der Waals surface area contributed by atoms with Gasteiger partial charge in [0.1, 0.15) is 0 Å². The van der Waals surface area contributed by atoms with Crippen LogP contribution >= 0.6 is 0 Å². The lowest BCUT2D eigenvalue weighted by atomic mass is 10.1. The van der Waals surface area contributed by atoms with Crippen LogP contribution in [0.25, 0.3) is 0 Å². The summed E-state index contributed by atoms with van der Waals surface area (Å²) < 4.78 is 13.2. The second-order valence-electron chi connectivity index (χ2n) is 9.93. The van der Waals surface area contributed by atoms with Crippen LogP contribution in [0.15, 0.2) is 12.2 Å². The average Bonchev–Trinajstić information content (AvgIpc) is 2.57. The molecule has 0 aliphatic heterocycles. The van der Waals surface area contributed by atoms with Gasteiger partial charge in [0, 0.05) is 5.92 Å². The van der Waals surface area contributed by atoms with Crippen LogP contribution in [0.4, 0.5) is 0 Å². The van der Waals surface area contributed by atoms with E-state index >= 15 is 0 Å². The molecule has 130 valence electrons. The van der Waals surface area contributed by atoms with E-state index in [1.807, 2.05) is 0 Å². The summed E-state index contributed by atoms with van der Waals surface area (Å²) >= 11 is 0. The van der Waals surface area contributed by atoms with Gasteiger partial charge in [0.25, 0.3) is 0 Å². The van der Waals surface area contributed by atoms with Crippen LogP contribution in [-0.2, 0) is 8.85 Å². The summed E-state index contributed by atoms with van der Waals surface area (Å²) in [6.07, 6.45) is 4.89. The van der Waals surface area contributed by atoms with Gasteiger partial charge in [0.15, 0.2) is 16.6 Å². The Morgan fingerprint density at radius 2 is 0.955 bits per heavy atom. The van der Waals surface area contributed by atoms with E-state index in [1.54, 1.807) is 0 Å². The van der Waals surface area contributed by atoms with Gasteiger partial charge < -0.3 is 8.85 Å². The van der Waals surface area contributed by atoms with E-state index in [0.29, 0.717) is 5.92 Å². The van der Waals surface area contributed by atoms with Crippen molar-refractivity contribution in [2.45, 2.75) is 96.9 Å². The molecule has 0 saturated carbocycles. The van der Waals surface area contributed by atoms with Crippen LogP contribution in [0.3, 0.4) is 0 Å². The first kappa shape index (κ1) is 20.1. The molecule has 22 heavy (non-hydrogen) atoms. The van der Waals surface area contributed by atoms with Crippen LogP contribution in [-0.4, -0.2) is 28.8 Å². The van der Waals surface area contributed by atoms with Crippen molar-refractivity contribution < 1.29 is 8.85 Å². The third kappa shape index (κ3) is 4.34. The molecule has 2 nitrogen and oxygen atoms in total. The Balaban J connectivity index is 2.76. The van der Waals surface area contributed by atoms with Gasteiger partial charge in [-0.2, -0.15) is 0 Å². The van der Waals surface area contributed by atoms with Gasteiger partial charge in [-0.1, -0.05) is 60.6 Å². The second-order valence-corrected chi connectivity index (χ2v) is 19.4. The van der Waals surface area contributed by atoms with Crippen molar-refractivity contribution in [2.75, 3.05) is 0 Å². The van der Waals surface area contributed by atoms with E-state index in [1.165, 1.54) is 0 Å². The maximum Gasteiger partial charge on any atom is 0.192 e. The fourth-order valence-electron chi connectivity index (χ4n) is 2.08. The predicted molar refractivity (Wildman–Crippen MR) is 102 cm³/mol. The summed E-state index contributed by atoms with van der Waals surface area (Å²) in [5.74, 6) is 0.406. The molecule has 0 aromatic rings. The van der Waals surface area contributed by atoms with E-state index in [4.69, 9.17) is 8.85 Å². The first-order valence-electron chi connectivity index (χ1n) is 8.62. The van der Waals surface area contributed by atoms with E-state index in [-0.39, 0.29) is 22.3 Å². The minimum atomic E-state index is -1.73. The Morgan fingerprint density at radius 1 is 0.682 bits per heavy atom. The maximum absolute atomic E-state index is 6.59. The molecule has 0 bridgehead atoms. The average molecular weight is 343 g/mol. The lowest BCUT2D eigenvalue weighted by Gasteiger charge is -2.41. The summed E-state index contributed by atoms with van der Waals surface area (Å²) in [5.41, 5.74) is 0. The molecule has 4 heteroatoms. The predicted octanol–water partition coefficient (Wildman–Crippen LogP) is 5.97. The summed E-state index contributed by atoms with van der Waals surface area (Å²) in [5, 5.41) is 0.498. The first-order chi connectivity index (χ1) is 9.58. The molecule has 1 unspecified atom stereocenters. The Kier molecular flexibility index (Phi) is 5.67. The van der Waals surface area contributed by atoms with Gasteiger partial charge in [-0.05, 0) is 36.3 Å². The van der Waals surface area contributed by atoms with Crippen LogP contribution in [0.2, 0.25) is 36.3 Å². The fourth-order valence-corrected chi connectivity index (χ4v) is 4.74. The number of hydrogen-bond donors (Lipinski definition) is 0. The van der Waals surface area contributed by atoms with Crippen molar-refractivity contribution in [3.05, 3.63) is 12.2 Å². The normalized spacial score (nSPS) is 27.5. The van der Waals surface area contributed by atoms with E-state index < -0.39 is 16.6 Å². The smallest absolute Gasteiger partial charge is 0.192 e. The zero-order chi connectivity index (χ0) is 17.6. The maximum atomic E-state index is 6.59. The summed E-state index contributed by atoms with van der Waals surface area (Å²) in [4.78, 5) is 0. The van der Waals surface area contributed by atoms with Crippen molar-refractivity contribution >= 4 is 16.6 Å². The molecule has 0 fully saturated rings. The van der Waals surface area contributed by atoms with Gasteiger partial charge in [-0.3, -0.25) is 0 Å². The minimum absolute atomic E-state index is 0.204.